The van der Waals surface area contributed by atoms with Crippen molar-refractivity contribution in [2.24, 2.45) is 0 Å². The van der Waals surface area contributed by atoms with Gasteiger partial charge in [0.25, 0.3) is 0 Å². The minimum atomic E-state index is -5.21. The van der Waals surface area contributed by atoms with Crippen molar-refractivity contribution >= 4 is 39.2 Å². The van der Waals surface area contributed by atoms with E-state index in [1.807, 2.05) is 0 Å². The first-order valence-corrected chi connectivity index (χ1v) is 5.03. The zero-order valence-electron chi connectivity index (χ0n) is 7.74. The van der Waals surface area contributed by atoms with E-state index in [0.717, 1.165) is 6.07 Å². The maximum atomic E-state index is 13.3. The molecular formula is C8H3BrClF4NO2. The van der Waals surface area contributed by atoms with Crippen LogP contribution in [-0.4, -0.2) is 12.1 Å². The lowest BCUT2D eigenvalue weighted by atomic mass is 10.3. The monoisotopic (exact) mass is 335 g/mol. The van der Waals surface area contributed by atoms with Crippen molar-refractivity contribution < 1.29 is 27.1 Å². The van der Waals surface area contributed by atoms with Crippen molar-refractivity contribution in [3.8, 4) is 5.75 Å². The molecule has 0 aromatic heterocycles. The third-order valence-corrected chi connectivity index (χ3v) is 2.73. The summed E-state index contributed by atoms with van der Waals surface area (Å²) in [5.74, 6) is -4.43. The van der Waals surface area contributed by atoms with Crippen molar-refractivity contribution in [3.05, 3.63) is 21.4 Å². The van der Waals surface area contributed by atoms with Gasteiger partial charge in [0.05, 0.1) is 10.2 Å². The summed E-state index contributed by atoms with van der Waals surface area (Å²) in [6.07, 6.45) is -5.21. The summed E-state index contributed by atoms with van der Waals surface area (Å²) >= 11 is 8.08. The van der Waals surface area contributed by atoms with E-state index in [9.17, 15) is 22.4 Å². The molecule has 0 aliphatic rings. The number of alkyl halides is 3. The average Bonchev–Trinajstić information content (AvgIpc) is 2.21. The molecule has 0 unspecified atom stereocenters. The molecule has 0 radical (unpaired) electrons. The smallest absolute Gasteiger partial charge is 0.418 e. The molecule has 1 aromatic rings. The van der Waals surface area contributed by atoms with Crippen LogP contribution in [0.15, 0.2) is 10.5 Å². The molecule has 0 atom stereocenters. The van der Waals surface area contributed by atoms with Crippen LogP contribution in [0.25, 0.3) is 0 Å². The lowest BCUT2D eigenvalue weighted by Crippen LogP contribution is -2.28. The molecule has 0 saturated carbocycles. The highest BCUT2D eigenvalue weighted by atomic mass is 79.9. The van der Waals surface area contributed by atoms with Crippen molar-refractivity contribution in [3.63, 3.8) is 0 Å². The summed E-state index contributed by atoms with van der Waals surface area (Å²) in [4.78, 5) is 10.5. The quantitative estimate of drug-likeness (QED) is 0.281. The molecule has 9 heteroatoms. The predicted octanol–water partition coefficient (Wildman–Crippen LogP) is 3.29. The molecule has 0 bridgehead atoms. The lowest BCUT2D eigenvalue weighted by molar-refractivity contribution is -0.189. The normalized spacial score (nSPS) is 11.4. The van der Waals surface area contributed by atoms with Crippen molar-refractivity contribution in [2.75, 3.05) is 5.73 Å². The molecule has 0 spiro atoms. The number of esters is 1. The van der Waals surface area contributed by atoms with Crippen LogP contribution in [0.3, 0.4) is 0 Å². The Morgan fingerprint density at radius 2 is 2.00 bits per heavy atom. The van der Waals surface area contributed by atoms with Crippen molar-refractivity contribution in [2.45, 2.75) is 6.18 Å². The minimum absolute atomic E-state index is 0.227. The van der Waals surface area contributed by atoms with Gasteiger partial charge >= 0.3 is 12.1 Å². The first-order valence-electron chi connectivity index (χ1n) is 3.86. The zero-order chi connectivity index (χ0) is 13.4. The summed E-state index contributed by atoms with van der Waals surface area (Å²) in [7, 11) is 0. The molecule has 94 valence electrons. The molecule has 0 fully saturated rings. The number of rotatable bonds is 1. The summed E-state index contributed by atoms with van der Waals surface area (Å²) in [6, 6.07) is 0.805. The highest BCUT2D eigenvalue weighted by Gasteiger charge is 2.42. The van der Waals surface area contributed by atoms with E-state index in [0.29, 0.717) is 0 Å². The Bertz CT molecular complexity index is 478. The second kappa shape index (κ2) is 4.69. The molecule has 3 nitrogen and oxygen atoms in total. The lowest BCUT2D eigenvalue weighted by Gasteiger charge is -2.10. The molecule has 0 heterocycles. The van der Waals surface area contributed by atoms with Gasteiger partial charge in [-0.1, -0.05) is 11.6 Å². The van der Waals surface area contributed by atoms with Gasteiger partial charge in [0.1, 0.15) is 5.02 Å². The van der Waals surface area contributed by atoms with Crippen molar-refractivity contribution in [1.82, 2.24) is 0 Å². The van der Waals surface area contributed by atoms with Gasteiger partial charge < -0.3 is 10.5 Å². The van der Waals surface area contributed by atoms with Gasteiger partial charge in [-0.25, -0.2) is 9.18 Å². The second-order valence-electron chi connectivity index (χ2n) is 2.79. The van der Waals surface area contributed by atoms with Crippen LogP contribution in [0.1, 0.15) is 0 Å². The Morgan fingerprint density at radius 3 is 2.47 bits per heavy atom. The first-order chi connectivity index (χ1) is 7.64. The zero-order valence-corrected chi connectivity index (χ0v) is 10.1. The van der Waals surface area contributed by atoms with Crippen LogP contribution in [0.5, 0.6) is 5.75 Å². The molecule has 0 saturated heterocycles. The largest absolute Gasteiger partial charge is 0.491 e. The third-order valence-electron chi connectivity index (χ3n) is 1.58. The maximum absolute atomic E-state index is 13.3. The van der Waals surface area contributed by atoms with Crippen LogP contribution < -0.4 is 10.5 Å². The SMILES string of the molecule is Nc1cc(OC(=O)C(F)(F)F)c(Cl)c(F)c1Br. The Balaban J connectivity index is 3.13. The van der Waals surface area contributed by atoms with Crippen LogP contribution >= 0.6 is 27.5 Å². The Labute approximate surface area is 106 Å². The van der Waals surface area contributed by atoms with Crippen LogP contribution in [0.2, 0.25) is 5.02 Å². The topological polar surface area (TPSA) is 52.3 Å². The summed E-state index contributed by atoms with van der Waals surface area (Å²) in [5.41, 5.74) is 5.00. The number of carbonyl (C=O) groups excluding carboxylic acids is 1. The number of nitrogens with two attached hydrogens (primary N) is 1. The van der Waals surface area contributed by atoms with E-state index >= 15 is 0 Å². The van der Waals surface area contributed by atoms with Crippen molar-refractivity contribution in [1.29, 1.82) is 0 Å². The molecule has 17 heavy (non-hydrogen) atoms. The Morgan fingerprint density at radius 1 is 1.47 bits per heavy atom. The fourth-order valence-electron chi connectivity index (χ4n) is 0.831. The molecule has 0 aliphatic heterocycles. The summed E-state index contributed by atoms with van der Waals surface area (Å²) < 4.78 is 52.6. The van der Waals surface area contributed by atoms with Crippen LogP contribution in [-0.2, 0) is 4.79 Å². The predicted molar refractivity (Wildman–Crippen MR) is 55.2 cm³/mol. The number of nitrogen functional groups attached to an aromatic ring is 1. The van der Waals surface area contributed by atoms with Gasteiger partial charge in [-0.05, 0) is 15.9 Å². The summed E-state index contributed by atoms with van der Waals surface area (Å²) in [5, 5.41) is -0.774. The van der Waals surface area contributed by atoms with Crippen LogP contribution in [0, 0.1) is 5.82 Å². The van der Waals surface area contributed by atoms with E-state index in [1.54, 1.807) is 0 Å². The van der Waals surface area contributed by atoms with E-state index in [2.05, 4.69) is 20.7 Å². The van der Waals surface area contributed by atoms with Gasteiger partial charge in [0.2, 0.25) is 0 Å². The molecule has 0 aliphatic carbocycles. The van der Waals surface area contributed by atoms with E-state index < -0.39 is 28.7 Å². The van der Waals surface area contributed by atoms with Gasteiger partial charge in [-0.15, -0.1) is 0 Å². The Kier molecular flexibility index (Phi) is 3.88. The minimum Gasteiger partial charge on any atom is -0.418 e. The maximum Gasteiger partial charge on any atom is 0.491 e. The average molecular weight is 336 g/mol. The van der Waals surface area contributed by atoms with Gasteiger partial charge in [0.15, 0.2) is 11.6 Å². The highest BCUT2D eigenvalue weighted by Crippen LogP contribution is 2.37. The number of ether oxygens (including phenoxy) is 1. The number of benzene rings is 1. The Hall–Kier alpha value is -1.02. The molecule has 0 amide bonds. The first kappa shape index (κ1) is 14.0. The molecule has 1 aromatic carbocycles. The fraction of sp³-hybridized carbons (Fsp3) is 0.125. The highest BCUT2D eigenvalue weighted by molar-refractivity contribution is 9.10. The number of halogens is 6. The number of hydrogen-bond donors (Lipinski definition) is 1. The van der Waals surface area contributed by atoms with E-state index in [1.165, 1.54) is 0 Å². The fourth-order valence-corrected chi connectivity index (χ4v) is 1.45. The van der Waals surface area contributed by atoms with Gasteiger partial charge in [-0.2, -0.15) is 13.2 Å². The summed E-state index contributed by atoms with van der Waals surface area (Å²) in [6.45, 7) is 0. The van der Waals surface area contributed by atoms with Gasteiger partial charge in [0, 0.05) is 6.07 Å². The molecule has 1 rings (SSSR count). The number of anilines is 1. The molecule has 2 N–H and O–H groups in total. The number of carbonyl (C=O) groups is 1. The van der Waals surface area contributed by atoms with Gasteiger partial charge in [-0.3, -0.25) is 0 Å². The van der Waals surface area contributed by atoms with E-state index in [-0.39, 0.29) is 10.2 Å². The molecular weight excluding hydrogens is 333 g/mol. The van der Waals surface area contributed by atoms with Crippen LogP contribution in [0.4, 0.5) is 23.2 Å². The second-order valence-corrected chi connectivity index (χ2v) is 3.96. The van der Waals surface area contributed by atoms with E-state index in [4.69, 9.17) is 17.3 Å². The number of hydrogen-bond acceptors (Lipinski definition) is 3. The standard InChI is InChI=1S/C8H3BrClF4NO2/c9-4-2(15)1-3(5(10)6(4)11)17-7(16)8(12,13)14/h1H,15H2. The third kappa shape index (κ3) is 3.01.